The molecule has 1 aromatic heterocycles. The zero-order valence-electron chi connectivity index (χ0n) is 16.1. The molecule has 1 saturated heterocycles. The minimum Gasteiger partial charge on any atom is -0.360 e. The van der Waals surface area contributed by atoms with Gasteiger partial charge in [0.15, 0.2) is 5.11 Å². The number of nitrogens with one attached hydrogen (secondary N) is 2. The van der Waals surface area contributed by atoms with Gasteiger partial charge in [-0.2, -0.15) is 0 Å². The van der Waals surface area contributed by atoms with Crippen molar-refractivity contribution in [2.45, 2.75) is 23.8 Å². The molecule has 8 heteroatoms. The Morgan fingerprint density at radius 2 is 1.90 bits per heavy atom. The highest BCUT2D eigenvalue weighted by Gasteiger charge is 2.22. The van der Waals surface area contributed by atoms with Gasteiger partial charge in [0.1, 0.15) is 12.1 Å². The van der Waals surface area contributed by atoms with Gasteiger partial charge in [-0.25, -0.2) is 9.97 Å². The number of aromatic nitrogens is 2. The van der Waals surface area contributed by atoms with E-state index in [-0.39, 0.29) is 0 Å². The van der Waals surface area contributed by atoms with E-state index in [2.05, 4.69) is 56.0 Å². The van der Waals surface area contributed by atoms with Gasteiger partial charge in [-0.05, 0) is 73.8 Å². The summed E-state index contributed by atoms with van der Waals surface area (Å²) in [7, 11) is 0. The van der Waals surface area contributed by atoms with Gasteiger partial charge in [-0.15, -0.1) is 11.8 Å². The van der Waals surface area contributed by atoms with Crippen LogP contribution in [-0.2, 0) is 0 Å². The highest BCUT2D eigenvalue weighted by atomic mass is 35.5. The fourth-order valence-corrected chi connectivity index (χ4v) is 4.39. The largest absolute Gasteiger partial charge is 0.360 e. The standard InChI is InChI=1S/C21H22ClN5S2/c1-29-17-5-3-15(4-6-17)25-21(28)26-16-8-10-27(11-9-16)20-18-7-2-14(22)12-19(18)23-13-24-20/h2-7,12-13,16H,8-11H2,1H3,(H2,25,26,28). The summed E-state index contributed by atoms with van der Waals surface area (Å²) in [4.78, 5) is 12.4. The van der Waals surface area contributed by atoms with Crippen LogP contribution in [0.15, 0.2) is 53.7 Å². The van der Waals surface area contributed by atoms with Gasteiger partial charge in [0, 0.05) is 40.1 Å². The molecule has 0 unspecified atom stereocenters. The maximum atomic E-state index is 6.10. The average Bonchev–Trinajstić information content (AvgIpc) is 2.74. The van der Waals surface area contributed by atoms with Crippen LogP contribution in [0.2, 0.25) is 5.02 Å². The lowest BCUT2D eigenvalue weighted by atomic mass is 10.0. The minimum absolute atomic E-state index is 0.347. The summed E-state index contributed by atoms with van der Waals surface area (Å²) in [5.74, 6) is 0.972. The maximum Gasteiger partial charge on any atom is 0.170 e. The summed E-state index contributed by atoms with van der Waals surface area (Å²) in [6.07, 6.45) is 5.67. The molecule has 2 aromatic carbocycles. The Hall–Kier alpha value is -2.09. The molecular weight excluding hydrogens is 422 g/mol. The molecular formula is C21H22ClN5S2. The van der Waals surface area contributed by atoms with E-state index in [4.69, 9.17) is 23.8 Å². The number of piperidine rings is 1. The summed E-state index contributed by atoms with van der Waals surface area (Å²) in [6, 6.07) is 14.4. The molecule has 1 aliphatic rings. The predicted octanol–water partition coefficient (Wildman–Crippen LogP) is 4.96. The zero-order chi connectivity index (χ0) is 20.2. The van der Waals surface area contributed by atoms with Crippen LogP contribution in [0.25, 0.3) is 10.9 Å². The van der Waals surface area contributed by atoms with Crippen molar-refractivity contribution >= 4 is 63.1 Å². The topological polar surface area (TPSA) is 53.1 Å². The minimum atomic E-state index is 0.347. The van der Waals surface area contributed by atoms with E-state index in [1.165, 1.54) is 4.90 Å². The third kappa shape index (κ3) is 4.91. The first kappa shape index (κ1) is 20.2. The van der Waals surface area contributed by atoms with Crippen molar-refractivity contribution in [2.75, 3.05) is 29.6 Å². The normalized spacial score (nSPS) is 14.8. The highest BCUT2D eigenvalue weighted by molar-refractivity contribution is 7.98. The lowest BCUT2D eigenvalue weighted by Gasteiger charge is -2.34. The molecule has 0 radical (unpaired) electrons. The number of rotatable bonds is 4. The number of nitrogens with zero attached hydrogens (tertiary/aromatic N) is 3. The number of hydrogen-bond donors (Lipinski definition) is 2. The Morgan fingerprint density at radius 3 is 2.62 bits per heavy atom. The molecule has 0 atom stereocenters. The highest BCUT2D eigenvalue weighted by Crippen LogP contribution is 2.27. The number of benzene rings is 2. The number of halogens is 1. The Bertz CT molecular complexity index is 1000. The molecule has 1 aliphatic heterocycles. The van der Waals surface area contributed by atoms with Gasteiger partial charge in [0.2, 0.25) is 0 Å². The molecule has 150 valence electrons. The number of thioether (sulfide) groups is 1. The fourth-order valence-electron chi connectivity index (χ4n) is 3.53. The first-order valence-electron chi connectivity index (χ1n) is 9.49. The van der Waals surface area contributed by atoms with Gasteiger partial charge < -0.3 is 15.5 Å². The van der Waals surface area contributed by atoms with Crippen molar-refractivity contribution in [3.05, 3.63) is 53.8 Å². The second-order valence-corrected chi connectivity index (χ2v) is 8.67. The van der Waals surface area contributed by atoms with E-state index in [0.29, 0.717) is 16.2 Å². The van der Waals surface area contributed by atoms with Crippen molar-refractivity contribution in [3.63, 3.8) is 0 Å². The second kappa shape index (κ2) is 9.15. The van der Waals surface area contributed by atoms with E-state index < -0.39 is 0 Å². The molecule has 2 N–H and O–H groups in total. The van der Waals surface area contributed by atoms with E-state index >= 15 is 0 Å². The number of fused-ring (bicyclic) bond motifs is 1. The third-order valence-corrected chi connectivity index (χ3v) is 6.25. The van der Waals surface area contributed by atoms with Crippen molar-refractivity contribution in [3.8, 4) is 0 Å². The number of thiocarbonyl (C=S) groups is 1. The summed E-state index contributed by atoms with van der Waals surface area (Å²) in [6.45, 7) is 1.83. The van der Waals surface area contributed by atoms with Crippen molar-refractivity contribution in [2.24, 2.45) is 0 Å². The Labute approximate surface area is 185 Å². The Balaban J connectivity index is 1.34. The van der Waals surface area contributed by atoms with Gasteiger partial charge in [0.25, 0.3) is 0 Å². The molecule has 0 aliphatic carbocycles. The van der Waals surface area contributed by atoms with Gasteiger partial charge in [-0.3, -0.25) is 0 Å². The number of hydrogen-bond acceptors (Lipinski definition) is 5. The molecule has 1 fully saturated rings. The van der Waals surface area contributed by atoms with Gasteiger partial charge in [-0.1, -0.05) is 11.6 Å². The van der Waals surface area contributed by atoms with Crippen LogP contribution in [0.4, 0.5) is 11.5 Å². The van der Waals surface area contributed by atoms with Crippen LogP contribution in [0.1, 0.15) is 12.8 Å². The zero-order valence-corrected chi connectivity index (χ0v) is 18.4. The van der Waals surface area contributed by atoms with Crippen LogP contribution >= 0.6 is 35.6 Å². The number of anilines is 2. The van der Waals surface area contributed by atoms with E-state index in [1.807, 2.05) is 18.2 Å². The van der Waals surface area contributed by atoms with E-state index in [1.54, 1.807) is 18.1 Å². The molecule has 0 amide bonds. The van der Waals surface area contributed by atoms with E-state index in [9.17, 15) is 0 Å². The first-order chi connectivity index (χ1) is 14.1. The molecule has 2 heterocycles. The fraction of sp³-hybridized carbons (Fsp3) is 0.286. The quantitative estimate of drug-likeness (QED) is 0.436. The molecule has 0 spiro atoms. The first-order valence-corrected chi connectivity index (χ1v) is 11.5. The third-order valence-electron chi connectivity index (χ3n) is 5.06. The molecule has 5 nitrogen and oxygen atoms in total. The molecule has 0 saturated carbocycles. The monoisotopic (exact) mass is 443 g/mol. The van der Waals surface area contributed by atoms with Crippen LogP contribution < -0.4 is 15.5 Å². The lowest BCUT2D eigenvalue weighted by molar-refractivity contribution is 0.466. The summed E-state index contributed by atoms with van der Waals surface area (Å²) < 4.78 is 0. The second-order valence-electron chi connectivity index (χ2n) is 6.95. The Morgan fingerprint density at radius 1 is 1.14 bits per heavy atom. The average molecular weight is 444 g/mol. The lowest BCUT2D eigenvalue weighted by Crippen LogP contribution is -2.46. The van der Waals surface area contributed by atoms with Crippen LogP contribution in [-0.4, -0.2) is 40.5 Å². The summed E-state index contributed by atoms with van der Waals surface area (Å²) >= 11 is 13.3. The predicted molar refractivity (Wildman–Crippen MR) is 127 cm³/mol. The van der Waals surface area contributed by atoms with Crippen LogP contribution in [0, 0.1) is 0 Å². The van der Waals surface area contributed by atoms with E-state index in [0.717, 1.165) is 48.3 Å². The van der Waals surface area contributed by atoms with Crippen molar-refractivity contribution in [1.82, 2.24) is 15.3 Å². The van der Waals surface area contributed by atoms with Gasteiger partial charge in [0.05, 0.1) is 5.52 Å². The van der Waals surface area contributed by atoms with Gasteiger partial charge >= 0.3 is 0 Å². The van der Waals surface area contributed by atoms with Crippen molar-refractivity contribution < 1.29 is 0 Å². The summed E-state index contributed by atoms with van der Waals surface area (Å²) in [5, 5.41) is 9.12. The van der Waals surface area contributed by atoms with Crippen LogP contribution in [0.3, 0.4) is 0 Å². The maximum absolute atomic E-state index is 6.10. The molecule has 0 bridgehead atoms. The molecule has 3 aromatic rings. The van der Waals surface area contributed by atoms with Crippen LogP contribution in [0.5, 0.6) is 0 Å². The molecule has 29 heavy (non-hydrogen) atoms. The van der Waals surface area contributed by atoms with Crippen molar-refractivity contribution in [1.29, 1.82) is 0 Å². The summed E-state index contributed by atoms with van der Waals surface area (Å²) in [5.41, 5.74) is 1.88. The molecule has 4 rings (SSSR count). The Kier molecular flexibility index (Phi) is 6.37. The SMILES string of the molecule is CSc1ccc(NC(=S)NC2CCN(c3ncnc4cc(Cl)ccc34)CC2)cc1. The smallest absolute Gasteiger partial charge is 0.170 e.